The number of nitrogens with two attached hydrogens (primary N) is 1. The third kappa shape index (κ3) is 3.48. The van der Waals surface area contributed by atoms with Crippen LogP contribution in [0.3, 0.4) is 0 Å². The number of piperidine rings is 1. The van der Waals surface area contributed by atoms with Crippen molar-refractivity contribution in [2.24, 2.45) is 11.7 Å². The molecule has 1 saturated heterocycles. The van der Waals surface area contributed by atoms with Crippen LogP contribution in [0.25, 0.3) is 0 Å². The highest BCUT2D eigenvalue weighted by Crippen LogP contribution is 2.18. The van der Waals surface area contributed by atoms with Crippen LogP contribution in [0, 0.1) is 11.7 Å². The Bertz CT molecular complexity index is 391. The predicted octanol–water partition coefficient (Wildman–Crippen LogP) is 2.32. The summed E-state index contributed by atoms with van der Waals surface area (Å²) >= 11 is 5.05. The van der Waals surface area contributed by atoms with E-state index in [4.69, 9.17) is 18.0 Å². The van der Waals surface area contributed by atoms with Crippen molar-refractivity contribution in [1.29, 1.82) is 0 Å². The monoisotopic (exact) mass is 252 g/mol. The summed E-state index contributed by atoms with van der Waals surface area (Å²) in [6.45, 7) is 2.84. The van der Waals surface area contributed by atoms with E-state index in [0.717, 1.165) is 38.0 Å². The van der Waals surface area contributed by atoms with E-state index < -0.39 is 0 Å². The van der Waals surface area contributed by atoms with E-state index in [2.05, 4.69) is 4.90 Å². The molecule has 92 valence electrons. The molecule has 0 saturated carbocycles. The van der Waals surface area contributed by atoms with E-state index in [1.807, 2.05) is 12.1 Å². The molecule has 1 aliphatic rings. The number of nitrogens with zero attached hydrogens (tertiary/aromatic N) is 1. The number of thiocarbonyl (C=S) groups is 1. The van der Waals surface area contributed by atoms with E-state index in [1.54, 1.807) is 0 Å². The maximum Gasteiger partial charge on any atom is 0.123 e. The van der Waals surface area contributed by atoms with Crippen LogP contribution in [0.1, 0.15) is 18.4 Å². The van der Waals surface area contributed by atoms with Crippen molar-refractivity contribution >= 4 is 17.2 Å². The Hall–Kier alpha value is -1.00. The van der Waals surface area contributed by atoms with E-state index in [1.165, 1.54) is 12.1 Å². The van der Waals surface area contributed by atoms with Gasteiger partial charge in [-0.05, 0) is 37.1 Å². The zero-order valence-corrected chi connectivity index (χ0v) is 10.5. The van der Waals surface area contributed by atoms with Gasteiger partial charge in [0.05, 0.1) is 4.99 Å². The topological polar surface area (TPSA) is 29.3 Å². The Labute approximate surface area is 107 Å². The number of hydrogen-bond acceptors (Lipinski definition) is 2. The molecule has 2 N–H and O–H groups in total. The molecule has 0 aromatic heterocycles. The molecule has 0 aliphatic carbocycles. The number of hydrogen-bond donors (Lipinski definition) is 1. The summed E-state index contributed by atoms with van der Waals surface area (Å²) in [7, 11) is 0. The van der Waals surface area contributed by atoms with Gasteiger partial charge >= 0.3 is 0 Å². The third-order valence-electron chi connectivity index (χ3n) is 3.23. The lowest BCUT2D eigenvalue weighted by Gasteiger charge is -2.32. The first-order valence-electron chi connectivity index (χ1n) is 5.91. The average Bonchev–Trinajstić information content (AvgIpc) is 2.32. The minimum atomic E-state index is -0.187. The van der Waals surface area contributed by atoms with E-state index in [9.17, 15) is 4.39 Å². The second-order valence-electron chi connectivity index (χ2n) is 4.60. The summed E-state index contributed by atoms with van der Waals surface area (Å²) in [6.07, 6.45) is 2.22. The molecule has 1 unspecified atom stereocenters. The van der Waals surface area contributed by atoms with Gasteiger partial charge in [0.25, 0.3) is 0 Å². The van der Waals surface area contributed by atoms with Crippen LogP contribution >= 0.6 is 12.2 Å². The van der Waals surface area contributed by atoms with Gasteiger partial charge in [-0.1, -0.05) is 24.4 Å². The standard InChI is InChI=1S/C13H17FN2S/c14-12-5-3-10(4-6-12)8-16-7-1-2-11(9-16)13(15)17/h3-6,11H,1-2,7-9H2,(H2,15,17). The van der Waals surface area contributed by atoms with Crippen LogP contribution in [0.2, 0.25) is 0 Å². The fraction of sp³-hybridized carbons (Fsp3) is 0.462. The summed E-state index contributed by atoms with van der Waals surface area (Å²) in [5, 5.41) is 0. The van der Waals surface area contributed by atoms with Crippen molar-refractivity contribution in [1.82, 2.24) is 4.90 Å². The normalized spacial score (nSPS) is 21.4. The summed E-state index contributed by atoms with van der Waals surface area (Å²) in [5.41, 5.74) is 6.83. The minimum absolute atomic E-state index is 0.187. The molecule has 1 atom stereocenters. The van der Waals surface area contributed by atoms with Gasteiger partial charge in [0.2, 0.25) is 0 Å². The van der Waals surface area contributed by atoms with E-state index in [-0.39, 0.29) is 5.82 Å². The van der Waals surface area contributed by atoms with Crippen LogP contribution in [0.5, 0.6) is 0 Å². The molecule has 2 rings (SSSR count). The molecule has 0 radical (unpaired) electrons. The summed E-state index contributed by atoms with van der Waals surface area (Å²) in [4.78, 5) is 2.95. The van der Waals surface area contributed by atoms with Gasteiger partial charge in [0.1, 0.15) is 5.82 Å². The van der Waals surface area contributed by atoms with E-state index >= 15 is 0 Å². The Balaban J connectivity index is 1.94. The maximum atomic E-state index is 12.8. The molecule has 0 amide bonds. The number of halogens is 1. The second kappa shape index (κ2) is 5.56. The molecule has 1 aromatic rings. The van der Waals surface area contributed by atoms with Crippen molar-refractivity contribution in [3.8, 4) is 0 Å². The quantitative estimate of drug-likeness (QED) is 0.837. The zero-order chi connectivity index (χ0) is 12.3. The first kappa shape index (κ1) is 12.5. The summed E-state index contributed by atoms with van der Waals surface area (Å²) in [6, 6.07) is 6.67. The molecule has 0 spiro atoms. The van der Waals surface area contributed by atoms with Gasteiger partial charge in [-0.25, -0.2) is 4.39 Å². The zero-order valence-electron chi connectivity index (χ0n) is 9.73. The van der Waals surface area contributed by atoms with Gasteiger partial charge in [-0.2, -0.15) is 0 Å². The molecular formula is C13H17FN2S. The highest BCUT2D eigenvalue weighted by molar-refractivity contribution is 7.80. The molecule has 1 fully saturated rings. The lowest BCUT2D eigenvalue weighted by Crippen LogP contribution is -2.39. The van der Waals surface area contributed by atoms with Gasteiger partial charge in [-0.3, -0.25) is 4.90 Å². The Kier molecular flexibility index (Phi) is 4.07. The van der Waals surface area contributed by atoms with Crippen molar-refractivity contribution in [2.75, 3.05) is 13.1 Å². The highest BCUT2D eigenvalue weighted by atomic mass is 32.1. The smallest absolute Gasteiger partial charge is 0.123 e. The molecule has 1 aliphatic heterocycles. The fourth-order valence-corrected chi connectivity index (χ4v) is 2.47. The van der Waals surface area contributed by atoms with E-state index in [0.29, 0.717) is 10.9 Å². The molecule has 1 heterocycles. The van der Waals surface area contributed by atoms with Gasteiger partial charge < -0.3 is 5.73 Å². The molecule has 1 aromatic carbocycles. The van der Waals surface area contributed by atoms with Crippen molar-refractivity contribution in [3.63, 3.8) is 0 Å². The molecule has 0 bridgehead atoms. The van der Waals surface area contributed by atoms with Crippen LogP contribution in [0.15, 0.2) is 24.3 Å². The lowest BCUT2D eigenvalue weighted by atomic mass is 9.97. The number of benzene rings is 1. The summed E-state index contributed by atoms with van der Waals surface area (Å²) < 4.78 is 12.8. The van der Waals surface area contributed by atoms with Gasteiger partial charge in [0, 0.05) is 19.0 Å². The van der Waals surface area contributed by atoms with Crippen LogP contribution < -0.4 is 5.73 Å². The SMILES string of the molecule is NC(=S)C1CCCN(Cc2ccc(F)cc2)C1. The first-order valence-corrected chi connectivity index (χ1v) is 6.32. The lowest BCUT2D eigenvalue weighted by molar-refractivity contribution is 0.197. The van der Waals surface area contributed by atoms with Gasteiger partial charge in [-0.15, -0.1) is 0 Å². The van der Waals surface area contributed by atoms with Crippen LogP contribution in [-0.2, 0) is 6.54 Å². The number of rotatable bonds is 3. The molecular weight excluding hydrogens is 235 g/mol. The first-order chi connectivity index (χ1) is 8.15. The minimum Gasteiger partial charge on any atom is -0.393 e. The largest absolute Gasteiger partial charge is 0.393 e. The van der Waals surface area contributed by atoms with Crippen LogP contribution in [-0.4, -0.2) is 23.0 Å². The van der Waals surface area contributed by atoms with Crippen molar-refractivity contribution < 1.29 is 4.39 Å². The predicted molar refractivity (Wildman–Crippen MR) is 71.2 cm³/mol. The highest BCUT2D eigenvalue weighted by Gasteiger charge is 2.21. The Morgan fingerprint density at radius 2 is 2.12 bits per heavy atom. The third-order valence-corrected chi connectivity index (χ3v) is 3.56. The second-order valence-corrected chi connectivity index (χ2v) is 5.07. The summed E-state index contributed by atoms with van der Waals surface area (Å²) in [5.74, 6) is 0.146. The average molecular weight is 252 g/mol. The van der Waals surface area contributed by atoms with Crippen molar-refractivity contribution in [3.05, 3.63) is 35.6 Å². The molecule has 2 nitrogen and oxygen atoms in total. The van der Waals surface area contributed by atoms with Crippen LogP contribution in [0.4, 0.5) is 4.39 Å². The Morgan fingerprint density at radius 3 is 2.76 bits per heavy atom. The molecule has 4 heteroatoms. The van der Waals surface area contributed by atoms with Crippen molar-refractivity contribution in [2.45, 2.75) is 19.4 Å². The fourth-order valence-electron chi connectivity index (χ4n) is 2.28. The maximum absolute atomic E-state index is 12.8. The Morgan fingerprint density at radius 1 is 1.41 bits per heavy atom. The molecule has 17 heavy (non-hydrogen) atoms. The number of likely N-dealkylation sites (tertiary alicyclic amines) is 1. The van der Waals surface area contributed by atoms with Gasteiger partial charge in [0.15, 0.2) is 0 Å².